The van der Waals surface area contributed by atoms with Gasteiger partial charge in [0.15, 0.2) is 0 Å². The first-order valence-electron chi connectivity index (χ1n) is 6.92. The van der Waals surface area contributed by atoms with Gasteiger partial charge in [0.1, 0.15) is 5.82 Å². The Kier molecular flexibility index (Phi) is 4.26. The highest BCUT2D eigenvalue weighted by Crippen LogP contribution is 2.24. The summed E-state index contributed by atoms with van der Waals surface area (Å²) in [7, 11) is 0. The van der Waals surface area contributed by atoms with Crippen LogP contribution in [0.25, 0.3) is 0 Å². The molecule has 1 amide bonds. The summed E-state index contributed by atoms with van der Waals surface area (Å²) in [5, 5.41) is 7.78. The van der Waals surface area contributed by atoms with E-state index in [1.807, 2.05) is 11.4 Å². The van der Waals surface area contributed by atoms with Crippen LogP contribution in [0.15, 0.2) is 23.0 Å². The largest absolute Gasteiger partial charge is 0.324 e. The molecule has 0 atom stereocenters. The molecule has 0 aliphatic carbocycles. The van der Waals surface area contributed by atoms with E-state index in [4.69, 9.17) is 0 Å². The zero-order valence-electron chi connectivity index (χ0n) is 11.5. The van der Waals surface area contributed by atoms with E-state index in [2.05, 4.69) is 15.6 Å². The monoisotopic (exact) mass is 305 g/mol. The summed E-state index contributed by atoms with van der Waals surface area (Å²) < 4.78 is 14.4. The van der Waals surface area contributed by atoms with Gasteiger partial charge in [0, 0.05) is 18.3 Å². The van der Waals surface area contributed by atoms with Gasteiger partial charge in [-0.1, -0.05) is 6.07 Å². The molecule has 2 aromatic rings. The molecule has 1 aliphatic rings. The predicted molar refractivity (Wildman–Crippen MR) is 80.9 cm³/mol. The Morgan fingerprint density at radius 2 is 2.38 bits per heavy atom. The van der Waals surface area contributed by atoms with Crippen molar-refractivity contribution >= 4 is 22.9 Å². The Morgan fingerprint density at radius 3 is 3.19 bits per heavy atom. The summed E-state index contributed by atoms with van der Waals surface area (Å²) in [4.78, 5) is 16.0. The fourth-order valence-corrected chi connectivity index (χ4v) is 3.04. The van der Waals surface area contributed by atoms with Gasteiger partial charge in [-0.05, 0) is 36.6 Å². The molecule has 0 bridgehead atoms. The van der Waals surface area contributed by atoms with Crippen LogP contribution in [-0.4, -0.2) is 17.4 Å². The first-order valence-corrected chi connectivity index (χ1v) is 7.86. The minimum absolute atomic E-state index is 0.184. The molecular formula is C15H16FN3OS. The van der Waals surface area contributed by atoms with Crippen LogP contribution in [-0.2, 0) is 24.2 Å². The van der Waals surface area contributed by atoms with Crippen molar-refractivity contribution in [1.82, 2.24) is 10.3 Å². The van der Waals surface area contributed by atoms with E-state index in [9.17, 15) is 9.18 Å². The summed E-state index contributed by atoms with van der Waals surface area (Å²) in [5.41, 5.74) is 4.60. The zero-order chi connectivity index (χ0) is 14.7. The second-order valence-electron chi connectivity index (χ2n) is 5.02. The number of hydrogen-bond acceptors (Lipinski definition) is 4. The summed E-state index contributed by atoms with van der Waals surface area (Å²) in [6.07, 6.45) is 1.54. The average Bonchev–Trinajstić information content (AvgIpc) is 3.02. The van der Waals surface area contributed by atoms with Crippen molar-refractivity contribution < 1.29 is 9.18 Å². The van der Waals surface area contributed by atoms with Crippen LogP contribution in [0.4, 0.5) is 10.1 Å². The number of anilines is 1. The molecular weight excluding hydrogens is 289 g/mol. The van der Waals surface area contributed by atoms with Gasteiger partial charge < -0.3 is 10.6 Å². The van der Waals surface area contributed by atoms with Gasteiger partial charge in [0.2, 0.25) is 5.91 Å². The lowest BCUT2D eigenvalue weighted by atomic mass is 9.99. The number of rotatable bonds is 4. The first kappa shape index (κ1) is 14.2. The zero-order valence-corrected chi connectivity index (χ0v) is 12.3. The highest BCUT2D eigenvalue weighted by Gasteiger charge is 2.17. The lowest BCUT2D eigenvalue weighted by Crippen LogP contribution is -2.25. The maximum Gasteiger partial charge on any atom is 0.224 e. The lowest BCUT2D eigenvalue weighted by molar-refractivity contribution is -0.116. The van der Waals surface area contributed by atoms with Gasteiger partial charge in [-0.3, -0.25) is 4.79 Å². The fourth-order valence-electron chi connectivity index (χ4n) is 2.45. The van der Waals surface area contributed by atoms with E-state index < -0.39 is 0 Å². The molecule has 0 spiro atoms. The fraction of sp³-hybridized carbons (Fsp3) is 0.333. The third kappa shape index (κ3) is 3.28. The molecule has 2 heterocycles. The predicted octanol–water partition coefficient (Wildman–Crippen LogP) is 2.50. The molecule has 0 saturated heterocycles. The van der Waals surface area contributed by atoms with Crippen LogP contribution >= 0.6 is 11.3 Å². The quantitative estimate of drug-likeness (QED) is 0.912. The Hall–Kier alpha value is -1.79. The van der Waals surface area contributed by atoms with Crippen molar-refractivity contribution in [2.45, 2.75) is 25.8 Å². The van der Waals surface area contributed by atoms with Gasteiger partial charge in [-0.2, -0.15) is 0 Å². The number of halogens is 1. The van der Waals surface area contributed by atoms with Crippen LogP contribution in [0, 0.1) is 5.82 Å². The van der Waals surface area contributed by atoms with Crippen LogP contribution < -0.4 is 10.6 Å². The Morgan fingerprint density at radius 1 is 1.48 bits per heavy atom. The minimum atomic E-state index is -0.295. The number of hydrogen-bond donors (Lipinski definition) is 2. The second-order valence-corrected chi connectivity index (χ2v) is 5.74. The summed E-state index contributed by atoms with van der Waals surface area (Å²) in [6, 6.07) is 3.52. The molecule has 21 heavy (non-hydrogen) atoms. The molecule has 0 fully saturated rings. The number of fused-ring (bicyclic) bond motifs is 1. The molecule has 4 nitrogen and oxygen atoms in total. The maximum absolute atomic E-state index is 14.4. The molecule has 6 heteroatoms. The number of aryl methyl sites for hydroxylation is 1. The highest BCUT2D eigenvalue weighted by atomic mass is 32.1. The summed E-state index contributed by atoms with van der Waals surface area (Å²) in [6.45, 7) is 1.45. The molecule has 0 unspecified atom stereocenters. The normalized spacial score (nSPS) is 13.8. The molecule has 0 saturated carbocycles. The SMILES string of the molecule is O=C(CCc1cscn1)Nc1ccc2c(c1F)CCNC2. The minimum Gasteiger partial charge on any atom is -0.324 e. The van der Waals surface area contributed by atoms with E-state index >= 15 is 0 Å². The highest BCUT2D eigenvalue weighted by molar-refractivity contribution is 7.07. The Bertz CT molecular complexity index is 643. The van der Waals surface area contributed by atoms with Crippen LogP contribution in [0.1, 0.15) is 23.2 Å². The van der Waals surface area contributed by atoms with Crippen LogP contribution in [0.5, 0.6) is 0 Å². The third-order valence-electron chi connectivity index (χ3n) is 3.57. The van der Waals surface area contributed by atoms with Gasteiger partial charge in [0.25, 0.3) is 0 Å². The van der Waals surface area contributed by atoms with Crippen molar-refractivity contribution in [3.05, 3.63) is 45.7 Å². The average molecular weight is 305 g/mol. The molecule has 1 aromatic carbocycles. The van der Waals surface area contributed by atoms with E-state index in [-0.39, 0.29) is 17.4 Å². The number of carbonyl (C=O) groups is 1. The van der Waals surface area contributed by atoms with Crippen LogP contribution in [0.2, 0.25) is 0 Å². The van der Waals surface area contributed by atoms with Gasteiger partial charge in [-0.25, -0.2) is 9.37 Å². The summed E-state index contributed by atoms with van der Waals surface area (Å²) >= 11 is 1.50. The van der Waals surface area contributed by atoms with Gasteiger partial charge >= 0.3 is 0 Å². The van der Waals surface area contributed by atoms with E-state index in [1.54, 1.807) is 11.6 Å². The molecule has 110 valence electrons. The Balaban J connectivity index is 1.65. The molecule has 3 rings (SSSR count). The number of thiazole rings is 1. The first-order chi connectivity index (χ1) is 10.2. The third-order valence-corrected chi connectivity index (χ3v) is 4.21. The van der Waals surface area contributed by atoms with Crippen molar-refractivity contribution in [3.8, 4) is 0 Å². The molecule has 2 N–H and O–H groups in total. The van der Waals surface area contributed by atoms with Gasteiger partial charge in [0.05, 0.1) is 16.9 Å². The number of nitrogens with one attached hydrogen (secondary N) is 2. The molecule has 0 radical (unpaired) electrons. The smallest absolute Gasteiger partial charge is 0.224 e. The second kappa shape index (κ2) is 6.32. The van der Waals surface area contributed by atoms with E-state index in [0.717, 1.165) is 17.8 Å². The van der Waals surface area contributed by atoms with Crippen molar-refractivity contribution in [2.75, 3.05) is 11.9 Å². The number of benzene rings is 1. The van der Waals surface area contributed by atoms with E-state index in [0.29, 0.717) is 31.4 Å². The molecule has 1 aliphatic heterocycles. The number of amides is 1. The standard InChI is InChI=1S/C15H16FN3OS/c16-15-12-5-6-17-7-10(12)1-3-13(15)19-14(20)4-2-11-8-21-9-18-11/h1,3,8-9,17H,2,4-7H2,(H,19,20). The number of carbonyl (C=O) groups excluding carboxylic acids is 1. The van der Waals surface area contributed by atoms with E-state index in [1.165, 1.54) is 11.3 Å². The van der Waals surface area contributed by atoms with Crippen molar-refractivity contribution in [1.29, 1.82) is 0 Å². The van der Waals surface area contributed by atoms with Crippen molar-refractivity contribution in [2.24, 2.45) is 0 Å². The van der Waals surface area contributed by atoms with Crippen molar-refractivity contribution in [3.63, 3.8) is 0 Å². The maximum atomic E-state index is 14.4. The Labute approximate surface area is 126 Å². The van der Waals surface area contributed by atoms with Gasteiger partial charge in [-0.15, -0.1) is 11.3 Å². The molecule has 1 aromatic heterocycles. The number of nitrogens with zero attached hydrogens (tertiary/aromatic N) is 1. The van der Waals surface area contributed by atoms with Crippen LogP contribution in [0.3, 0.4) is 0 Å². The lowest BCUT2D eigenvalue weighted by Gasteiger charge is -2.19. The number of aromatic nitrogens is 1. The summed E-state index contributed by atoms with van der Waals surface area (Å²) in [5.74, 6) is -0.480. The topological polar surface area (TPSA) is 54.0 Å².